The second kappa shape index (κ2) is 6.58. The number of aliphatic hydroxyl groups is 1. The summed E-state index contributed by atoms with van der Waals surface area (Å²) in [7, 11) is 0. The molecule has 1 aliphatic heterocycles. The molecule has 0 aromatic carbocycles. The molecule has 1 heterocycles. The molecule has 1 fully saturated rings. The summed E-state index contributed by atoms with van der Waals surface area (Å²) in [5.41, 5.74) is 0. The minimum Gasteiger partial charge on any atom is -0.394 e. The van der Waals surface area contributed by atoms with Crippen LogP contribution in [0.4, 0.5) is 0 Å². The van der Waals surface area contributed by atoms with E-state index in [2.05, 4.69) is 6.92 Å². The van der Waals surface area contributed by atoms with Crippen molar-refractivity contribution in [1.82, 2.24) is 0 Å². The highest BCUT2D eigenvalue weighted by molar-refractivity contribution is 4.80. The average Bonchev–Trinajstić information content (AvgIpc) is 2.53. The van der Waals surface area contributed by atoms with E-state index in [0.717, 1.165) is 6.42 Å². The minimum absolute atomic E-state index is 0.0586. The molecular weight excluding hydrogens is 204 g/mol. The summed E-state index contributed by atoms with van der Waals surface area (Å²) in [4.78, 5) is 0. The van der Waals surface area contributed by atoms with Crippen LogP contribution in [0.5, 0.6) is 0 Å². The standard InChI is InChI=1S/C13H26O3/c1-4-5-6-7-8-9-11-12(10-14)16-13(2,3)15-11/h11-12,14H,4-10H2,1-3H3/t11-,12-/m0/s1. The maximum atomic E-state index is 9.20. The topological polar surface area (TPSA) is 38.7 Å². The van der Waals surface area contributed by atoms with Gasteiger partial charge in [0.1, 0.15) is 6.10 Å². The van der Waals surface area contributed by atoms with Gasteiger partial charge < -0.3 is 14.6 Å². The fourth-order valence-electron chi connectivity index (χ4n) is 2.26. The molecule has 96 valence electrons. The zero-order chi connectivity index (χ0) is 12.0. The Hall–Kier alpha value is -0.120. The van der Waals surface area contributed by atoms with Crippen LogP contribution < -0.4 is 0 Å². The molecule has 3 nitrogen and oxygen atoms in total. The molecule has 1 saturated heterocycles. The lowest BCUT2D eigenvalue weighted by Crippen LogP contribution is -2.26. The Bertz CT molecular complexity index is 192. The monoisotopic (exact) mass is 230 g/mol. The summed E-state index contributed by atoms with van der Waals surface area (Å²) in [5.74, 6) is -0.526. The predicted octanol–water partition coefficient (Wildman–Crippen LogP) is 2.86. The maximum Gasteiger partial charge on any atom is 0.163 e. The van der Waals surface area contributed by atoms with Gasteiger partial charge in [0, 0.05) is 0 Å². The number of hydrogen-bond donors (Lipinski definition) is 1. The molecule has 1 aliphatic rings. The van der Waals surface area contributed by atoms with E-state index < -0.39 is 5.79 Å². The fourth-order valence-corrected chi connectivity index (χ4v) is 2.26. The normalized spacial score (nSPS) is 28.5. The molecule has 16 heavy (non-hydrogen) atoms. The molecular formula is C13H26O3. The van der Waals surface area contributed by atoms with Crippen LogP contribution in [-0.2, 0) is 9.47 Å². The number of ether oxygens (including phenoxy) is 2. The molecule has 0 spiro atoms. The van der Waals surface area contributed by atoms with Crippen molar-refractivity contribution in [1.29, 1.82) is 0 Å². The Morgan fingerprint density at radius 3 is 2.25 bits per heavy atom. The van der Waals surface area contributed by atoms with Gasteiger partial charge in [-0.25, -0.2) is 0 Å². The minimum atomic E-state index is -0.526. The third-order valence-corrected chi connectivity index (χ3v) is 3.06. The van der Waals surface area contributed by atoms with Gasteiger partial charge in [-0.1, -0.05) is 39.0 Å². The van der Waals surface area contributed by atoms with E-state index >= 15 is 0 Å². The number of hydrogen-bond acceptors (Lipinski definition) is 3. The van der Waals surface area contributed by atoms with Gasteiger partial charge >= 0.3 is 0 Å². The van der Waals surface area contributed by atoms with E-state index in [9.17, 15) is 5.11 Å². The number of unbranched alkanes of at least 4 members (excludes halogenated alkanes) is 4. The molecule has 0 unspecified atom stereocenters. The first-order valence-corrected chi connectivity index (χ1v) is 6.55. The third-order valence-electron chi connectivity index (χ3n) is 3.06. The summed E-state index contributed by atoms with van der Waals surface area (Å²) >= 11 is 0. The van der Waals surface area contributed by atoms with Crippen LogP contribution in [0.25, 0.3) is 0 Å². The number of aliphatic hydroxyl groups excluding tert-OH is 1. The van der Waals surface area contributed by atoms with E-state index in [1.807, 2.05) is 13.8 Å². The Labute approximate surface area is 99.1 Å². The molecule has 2 atom stereocenters. The van der Waals surface area contributed by atoms with Crippen molar-refractivity contribution in [2.45, 2.75) is 77.3 Å². The van der Waals surface area contributed by atoms with Crippen molar-refractivity contribution >= 4 is 0 Å². The van der Waals surface area contributed by atoms with Crippen molar-refractivity contribution in [3.63, 3.8) is 0 Å². The van der Waals surface area contributed by atoms with Gasteiger partial charge in [-0.3, -0.25) is 0 Å². The Morgan fingerprint density at radius 1 is 1.00 bits per heavy atom. The lowest BCUT2D eigenvalue weighted by molar-refractivity contribution is -0.149. The first-order chi connectivity index (χ1) is 7.59. The second-order valence-electron chi connectivity index (χ2n) is 5.10. The largest absolute Gasteiger partial charge is 0.394 e. The van der Waals surface area contributed by atoms with Gasteiger partial charge in [0.15, 0.2) is 5.79 Å². The molecule has 0 saturated carbocycles. The van der Waals surface area contributed by atoms with Crippen LogP contribution >= 0.6 is 0 Å². The van der Waals surface area contributed by atoms with E-state index in [1.165, 1.54) is 32.1 Å². The molecule has 1 N–H and O–H groups in total. The highest BCUT2D eigenvalue weighted by Crippen LogP contribution is 2.30. The van der Waals surface area contributed by atoms with Crippen LogP contribution in [0, 0.1) is 0 Å². The zero-order valence-electron chi connectivity index (χ0n) is 10.9. The Kier molecular flexibility index (Phi) is 5.73. The fraction of sp³-hybridized carbons (Fsp3) is 1.00. The van der Waals surface area contributed by atoms with Crippen LogP contribution in [0.15, 0.2) is 0 Å². The molecule has 0 aliphatic carbocycles. The molecule has 3 heteroatoms. The molecule has 0 aromatic heterocycles. The van der Waals surface area contributed by atoms with Gasteiger partial charge in [-0.15, -0.1) is 0 Å². The second-order valence-corrected chi connectivity index (χ2v) is 5.10. The molecule has 0 aromatic rings. The van der Waals surface area contributed by atoms with Gasteiger partial charge in [0.25, 0.3) is 0 Å². The van der Waals surface area contributed by atoms with Gasteiger partial charge in [0.2, 0.25) is 0 Å². The first-order valence-electron chi connectivity index (χ1n) is 6.55. The number of rotatable bonds is 7. The summed E-state index contributed by atoms with van der Waals surface area (Å²) < 4.78 is 11.4. The van der Waals surface area contributed by atoms with Crippen LogP contribution in [0.1, 0.15) is 59.3 Å². The van der Waals surface area contributed by atoms with Crippen LogP contribution in [0.2, 0.25) is 0 Å². The van der Waals surface area contributed by atoms with Gasteiger partial charge in [-0.05, 0) is 20.3 Å². The van der Waals surface area contributed by atoms with E-state index in [0.29, 0.717) is 0 Å². The van der Waals surface area contributed by atoms with Crippen molar-refractivity contribution in [2.24, 2.45) is 0 Å². The van der Waals surface area contributed by atoms with Crippen LogP contribution in [-0.4, -0.2) is 29.7 Å². The lowest BCUT2D eigenvalue weighted by atomic mass is 10.1. The molecule has 0 radical (unpaired) electrons. The van der Waals surface area contributed by atoms with E-state index in [4.69, 9.17) is 9.47 Å². The zero-order valence-corrected chi connectivity index (χ0v) is 10.9. The summed E-state index contributed by atoms with van der Waals surface area (Å²) in [6, 6.07) is 0. The third kappa shape index (κ3) is 4.40. The van der Waals surface area contributed by atoms with Crippen molar-refractivity contribution in [3.05, 3.63) is 0 Å². The quantitative estimate of drug-likeness (QED) is 0.683. The molecule has 0 amide bonds. The Morgan fingerprint density at radius 2 is 1.62 bits per heavy atom. The van der Waals surface area contributed by atoms with Gasteiger partial charge in [-0.2, -0.15) is 0 Å². The van der Waals surface area contributed by atoms with Crippen molar-refractivity contribution in [3.8, 4) is 0 Å². The summed E-state index contributed by atoms with van der Waals surface area (Å²) in [5, 5.41) is 9.20. The Balaban J connectivity index is 2.20. The van der Waals surface area contributed by atoms with Crippen molar-refractivity contribution < 1.29 is 14.6 Å². The summed E-state index contributed by atoms with van der Waals surface area (Å²) in [6.45, 7) is 6.10. The van der Waals surface area contributed by atoms with Crippen molar-refractivity contribution in [2.75, 3.05) is 6.61 Å². The van der Waals surface area contributed by atoms with E-state index in [-0.39, 0.29) is 18.8 Å². The van der Waals surface area contributed by atoms with Crippen LogP contribution in [0.3, 0.4) is 0 Å². The molecule has 0 bridgehead atoms. The highest BCUT2D eigenvalue weighted by atomic mass is 16.8. The maximum absolute atomic E-state index is 9.20. The lowest BCUT2D eigenvalue weighted by Gasteiger charge is -2.16. The summed E-state index contributed by atoms with van der Waals surface area (Å²) in [6.07, 6.45) is 7.25. The average molecular weight is 230 g/mol. The highest BCUT2D eigenvalue weighted by Gasteiger charge is 2.40. The predicted molar refractivity (Wildman–Crippen MR) is 64.3 cm³/mol. The van der Waals surface area contributed by atoms with Gasteiger partial charge in [0.05, 0.1) is 12.7 Å². The smallest absolute Gasteiger partial charge is 0.163 e. The SMILES string of the molecule is CCCCCCC[C@@H]1OC(C)(C)O[C@H]1CO. The van der Waals surface area contributed by atoms with E-state index in [1.54, 1.807) is 0 Å². The molecule has 1 rings (SSSR count). The first kappa shape index (κ1) is 13.9.